The molecule has 0 heterocycles. The van der Waals surface area contributed by atoms with Gasteiger partial charge >= 0.3 is 0 Å². The predicted molar refractivity (Wildman–Crippen MR) is 78.4 cm³/mol. The highest BCUT2D eigenvalue weighted by atomic mass is 16.3. The van der Waals surface area contributed by atoms with Crippen molar-refractivity contribution in [2.75, 3.05) is 6.54 Å². The zero-order chi connectivity index (χ0) is 13.8. The molecule has 1 unspecified atom stereocenters. The Morgan fingerprint density at radius 2 is 1.83 bits per heavy atom. The number of nitrogens with two attached hydrogens (primary N) is 1. The third kappa shape index (κ3) is 4.24. The van der Waals surface area contributed by atoms with Crippen LogP contribution in [0.1, 0.15) is 72.6 Å². The van der Waals surface area contributed by atoms with E-state index in [4.69, 9.17) is 5.73 Å². The fraction of sp³-hybridized carbons (Fsp3) is 1.00. The fourth-order valence-corrected chi connectivity index (χ4v) is 3.42. The molecule has 0 bridgehead atoms. The molecule has 0 saturated heterocycles. The Bertz CT molecular complexity index is 236. The van der Waals surface area contributed by atoms with Gasteiger partial charge in [-0.3, -0.25) is 0 Å². The number of hydrogen-bond donors (Lipinski definition) is 2. The lowest BCUT2D eigenvalue weighted by atomic mass is 9.64. The molecular weight excluding hydrogens is 222 g/mol. The van der Waals surface area contributed by atoms with E-state index in [0.717, 1.165) is 25.2 Å². The molecule has 0 amide bonds. The van der Waals surface area contributed by atoms with Crippen LogP contribution in [0.5, 0.6) is 0 Å². The minimum atomic E-state index is -0.231. The molecule has 18 heavy (non-hydrogen) atoms. The number of aliphatic hydroxyl groups is 1. The van der Waals surface area contributed by atoms with Gasteiger partial charge in [-0.1, -0.05) is 40.5 Å². The van der Waals surface area contributed by atoms with Gasteiger partial charge in [0.05, 0.1) is 6.10 Å². The number of hydrogen-bond acceptors (Lipinski definition) is 2. The number of aliphatic hydroxyl groups excluding tert-OH is 1. The van der Waals surface area contributed by atoms with Gasteiger partial charge in [-0.15, -0.1) is 0 Å². The van der Waals surface area contributed by atoms with Gasteiger partial charge in [0.1, 0.15) is 0 Å². The zero-order valence-electron chi connectivity index (χ0n) is 12.8. The van der Waals surface area contributed by atoms with E-state index in [9.17, 15) is 5.11 Å². The van der Waals surface area contributed by atoms with Crippen molar-refractivity contribution in [2.24, 2.45) is 22.5 Å². The summed E-state index contributed by atoms with van der Waals surface area (Å²) < 4.78 is 0. The van der Waals surface area contributed by atoms with E-state index in [2.05, 4.69) is 27.7 Å². The molecule has 1 atom stereocenters. The molecule has 1 aliphatic carbocycles. The summed E-state index contributed by atoms with van der Waals surface area (Å²) in [5.41, 5.74) is 6.20. The van der Waals surface area contributed by atoms with Crippen molar-refractivity contribution < 1.29 is 5.11 Å². The summed E-state index contributed by atoms with van der Waals surface area (Å²) in [6.07, 6.45) is 8.00. The van der Waals surface area contributed by atoms with Crippen molar-refractivity contribution in [3.8, 4) is 0 Å². The maximum atomic E-state index is 10.6. The Hall–Kier alpha value is -0.0800. The van der Waals surface area contributed by atoms with Crippen LogP contribution in [0.3, 0.4) is 0 Å². The SMILES string of the molecule is CCCC1CCC(CN)(C(O)CC(C)(C)C)CC1. The summed E-state index contributed by atoms with van der Waals surface area (Å²) in [7, 11) is 0. The van der Waals surface area contributed by atoms with Crippen LogP contribution in [-0.2, 0) is 0 Å². The molecule has 1 fully saturated rings. The van der Waals surface area contributed by atoms with Gasteiger partial charge in [0.25, 0.3) is 0 Å². The molecule has 3 N–H and O–H groups in total. The Labute approximate surface area is 113 Å². The third-order valence-electron chi connectivity index (χ3n) is 4.72. The zero-order valence-corrected chi connectivity index (χ0v) is 12.8. The van der Waals surface area contributed by atoms with Crippen LogP contribution in [0, 0.1) is 16.7 Å². The average Bonchev–Trinajstić information content (AvgIpc) is 2.28. The van der Waals surface area contributed by atoms with Gasteiger partial charge in [0.2, 0.25) is 0 Å². The normalized spacial score (nSPS) is 31.3. The van der Waals surface area contributed by atoms with Crippen molar-refractivity contribution in [1.82, 2.24) is 0 Å². The van der Waals surface area contributed by atoms with Crippen molar-refractivity contribution >= 4 is 0 Å². The predicted octanol–water partition coefficient (Wildman–Crippen LogP) is 3.72. The van der Waals surface area contributed by atoms with Crippen LogP contribution in [-0.4, -0.2) is 17.8 Å². The van der Waals surface area contributed by atoms with Gasteiger partial charge < -0.3 is 10.8 Å². The quantitative estimate of drug-likeness (QED) is 0.786. The maximum absolute atomic E-state index is 10.6. The molecule has 0 aromatic rings. The fourth-order valence-electron chi connectivity index (χ4n) is 3.42. The highest BCUT2D eigenvalue weighted by Crippen LogP contribution is 2.44. The molecule has 1 saturated carbocycles. The molecule has 0 radical (unpaired) electrons. The Kier molecular flexibility index (Phi) is 5.67. The van der Waals surface area contributed by atoms with Crippen LogP contribution in [0.15, 0.2) is 0 Å². The van der Waals surface area contributed by atoms with Crippen molar-refractivity contribution in [3.05, 3.63) is 0 Å². The monoisotopic (exact) mass is 255 g/mol. The lowest BCUT2D eigenvalue weighted by Gasteiger charge is -2.44. The van der Waals surface area contributed by atoms with Crippen molar-refractivity contribution in [3.63, 3.8) is 0 Å². The van der Waals surface area contributed by atoms with E-state index in [1.165, 1.54) is 25.7 Å². The molecule has 1 aliphatic rings. The molecule has 0 aromatic carbocycles. The van der Waals surface area contributed by atoms with Crippen LogP contribution < -0.4 is 5.73 Å². The summed E-state index contributed by atoms with van der Waals surface area (Å²) in [4.78, 5) is 0. The first-order chi connectivity index (χ1) is 8.33. The standard InChI is InChI=1S/C16H33NO/c1-5-6-13-7-9-16(12-17,10-8-13)14(18)11-15(2,3)4/h13-14,18H,5-12,17H2,1-4H3. The lowest BCUT2D eigenvalue weighted by molar-refractivity contribution is -0.0308. The Morgan fingerprint density at radius 3 is 2.22 bits per heavy atom. The molecule has 1 rings (SSSR count). The van der Waals surface area contributed by atoms with Crippen molar-refractivity contribution in [1.29, 1.82) is 0 Å². The summed E-state index contributed by atoms with van der Waals surface area (Å²) in [6.45, 7) is 9.50. The molecule has 2 nitrogen and oxygen atoms in total. The molecule has 2 heteroatoms. The first-order valence-electron chi connectivity index (χ1n) is 7.71. The molecular formula is C16H33NO. The highest BCUT2D eigenvalue weighted by Gasteiger charge is 2.41. The van der Waals surface area contributed by atoms with Crippen LogP contribution in [0.2, 0.25) is 0 Å². The van der Waals surface area contributed by atoms with E-state index in [1.54, 1.807) is 0 Å². The second-order valence-electron chi connectivity index (χ2n) is 7.58. The largest absolute Gasteiger partial charge is 0.392 e. The number of rotatable bonds is 5. The van der Waals surface area contributed by atoms with Crippen LogP contribution in [0.4, 0.5) is 0 Å². The maximum Gasteiger partial charge on any atom is 0.0613 e. The first-order valence-corrected chi connectivity index (χ1v) is 7.71. The summed E-state index contributed by atoms with van der Waals surface area (Å²) in [5, 5.41) is 10.6. The van der Waals surface area contributed by atoms with Crippen molar-refractivity contribution in [2.45, 2.75) is 78.7 Å². The van der Waals surface area contributed by atoms with Gasteiger partial charge in [-0.2, -0.15) is 0 Å². The van der Waals surface area contributed by atoms with Crippen LogP contribution >= 0.6 is 0 Å². The first kappa shape index (κ1) is 16.0. The van der Waals surface area contributed by atoms with E-state index in [-0.39, 0.29) is 16.9 Å². The minimum Gasteiger partial charge on any atom is -0.392 e. The minimum absolute atomic E-state index is 0.00246. The van der Waals surface area contributed by atoms with E-state index < -0.39 is 0 Å². The summed E-state index contributed by atoms with van der Waals surface area (Å²) >= 11 is 0. The van der Waals surface area contributed by atoms with E-state index in [1.807, 2.05) is 0 Å². The summed E-state index contributed by atoms with van der Waals surface area (Å²) in [5.74, 6) is 0.872. The van der Waals surface area contributed by atoms with E-state index >= 15 is 0 Å². The highest BCUT2D eigenvalue weighted by molar-refractivity contribution is 4.93. The molecule has 0 aromatic heterocycles. The van der Waals surface area contributed by atoms with Gasteiger partial charge in [-0.25, -0.2) is 0 Å². The van der Waals surface area contributed by atoms with Gasteiger partial charge in [0.15, 0.2) is 0 Å². The topological polar surface area (TPSA) is 46.2 Å². The average molecular weight is 255 g/mol. The third-order valence-corrected chi connectivity index (χ3v) is 4.72. The smallest absolute Gasteiger partial charge is 0.0613 e. The van der Waals surface area contributed by atoms with Crippen LogP contribution in [0.25, 0.3) is 0 Å². The Balaban J connectivity index is 2.59. The molecule has 108 valence electrons. The second kappa shape index (κ2) is 6.38. The van der Waals surface area contributed by atoms with E-state index in [0.29, 0.717) is 6.54 Å². The van der Waals surface area contributed by atoms with Gasteiger partial charge in [0, 0.05) is 12.0 Å². The lowest BCUT2D eigenvalue weighted by Crippen LogP contribution is -2.46. The molecule has 0 spiro atoms. The molecule has 0 aliphatic heterocycles. The second-order valence-corrected chi connectivity index (χ2v) is 7.58. The van der Waals surface area contributed by atoms with Gasteiger partial charge in [-0.05, 0) is 43.4 Å². The Morgan fingerprint density at radius 1 is 1.28 bits per heavy atom. The summed E-state index contributed by atoms with van der Waals surface area (Å²) in [6, 6.07) is 0.